The Kier molecular flexibility index (Phi) is 10.7. The van der Waals surface area contributed by atoms with Gasteiger partial charge in [0.25, 0.3) is 0 Å². The number of para-hydroxylation sites is 1. The van der Waals surface area contributed by atoms with Gasteiger partial charge in [-0.1, -0.05) is 55.5 Å². The van der Waals surface area contributed by atoms with Crippen LogP contribution in [0.3, 0.4) is 0 Å². The van der Waals surface area contributed by atoms with Gasteiger partial charge in [-0.05, 0) is 84.3 Å². The van der Waals surface area contributed by atoms with Gasteiger partial charge in [-0.3, -0.25) is 9.97 Å². The van der Waals surface area contributed by atoms with Crippen LogP contribution in [0.4, 0.5) is 0 Å². The van der Waals surface area contributed by atoms with Crippen LogP contribution in [-0.2, 0) is 39.4 Å². The Morgan fingerprint density at radius 2 is 1.42 bits per heavy atom. The van der Waals surface area contributed by atoms with Crippen molar-refractivity contribution in [1.29, 1.82) is 0 Å². The zero-order valence-electron chi connectivity index (χ0n) is 25.3. The summed E-state index contributed by atoms with van der Waals surface area (Å²) in [5, 5.41) is 8.63. The van der Waals surface area contributed by atoms with E-state index in [0.29, 0.717) is 5.75 Å². The molecule has 6 aromatic rings. The number of nitrogens with zero attached hydrogens (tertiary/aromatic N) is 3. The van der Waals surface area contributed by atoms with E-state index in [-0.39, 0.29) is 25.5 Å². The number of aryl methyl sites for hydroxylation is 1. The molecule has 4 nitrogen and oxygen atoms in total. The molecular weight excluding hydrogens is 731 g/mol. The van der Waals surface area contributed by atoms with Crippen LogP contribution in [0.2, 0.25) is 0 Å². The van der Waals surface area contributed by atoms with Crippen LogP contribution >= 0.6 is 0 Å². The predicted molar refractivity (Wildman–Crippen MR) is 177 cm³/mol. The molecule has 4 heterocycles. The van der Waals surface area contributed by atoms with Gasteiger partial charge >= 0.3 is 0 Å². The van der Waals surface area contributed by atoms with Crippen molar-refractivity contribution < 1.29 is 25.2 Å². The van der Waals surface area contributed by atoms with Crippen molar-refractivity contribution in [3.05, 3.63) is 156 Å². The summed E-state index contributed by atoms with van der Waals surface area (Å²) in [5.74, 6) is 0.322. The molecule has 0 fully saturated rings. The molecule has 0 saturated carbocycles. The molecule has 1 unspecified atom stereocenters. The number of benzene rings is 3. The summed E-state index contributed by atoms with van der Waals surface area (Å²) >= 11 is 0. The van der Waals surface area contributed by atoms with Gasteiger partial charge in [0, 0.05) is 32.0 Å². The van der Waals surface area contributed by atoms with Crippen LogP contribution in [0.5, 0.6) is 5.75 Å². The molecule has 1 atom stereocenters. The molecule has 1 N–H and O–H groups in total. The molecule has 3 aromatic carbocycles. The third-order valence-electron chi connectivity index (χ3n) is 8.04. The largest absolute Gasteiger partial charge is 0.508 e. The zero-order chi connectivity index (χ0) is 30.2. The molecule has 0 saturated heterocycles. The molecule has 1 aliphatic rings. The Labute approximate surface area is 279 Å². The smallest absolute Gasteiger partial charge is 0.115 e. The van der Waals surface area contributed by atoms with Crippen LogP contribution in [0.1, 0.15) is 36.6 Å². The second-order valence-electron chi connectivity index (χ2n) is 11.7. The average molecular weight is 766 g/mol. The van der Waals surface area contributed by atoms with Crippen LogP contribution in [0.25, 0.3) is 33.9 Å². The fourth-order valence-corrected chi connectivity index (χ4v) is 5.86. The molecule has 7 rings (SSSR count). The first-order chi connectivity index (χ1) is 21.5. The predicted octanol–water partition coefficient (Wildman–Crippen LogP) is 8.99. The van der Waals surface area contributed by atoms with E-state index in [1.807, 2.05) is 48.7 Å². The van der Waals surface area contributed by atoms with E-state index in [1.165, 1.54) is 11.1 Å². The maximum absolute atomic E-state index is 8.63. The Morgan fingerprint density at radius 1 is 0.711 bits per heavy atom. The van der Waals surface area contributed by atoms with Crippen molar-refractivity contribution in [2.24, 2.45) is 5.41 Å². The standard InChI is InChI=1S/C34H29N3.C6H6O.Ir/c1-34(22-25-17-19-30(35-24-25)26-10-4-2-5-11-26)21-9-15-29-14-8-16-32(36-29)33-28(23-34)18-20-31(37-33)27-12-6-3-7-13-27;7-6-4-2-1-3-5-6;/h2-8,10,12,14,16-20,24H,9,15,21-23H2,1H3;1-5,7H;/q-2;;. The average Bonchev–Trinajstić information content (AvgIpc) is 3.06. The van der Waals surface area contributed by atoms with E-state index < -0.39 is 0 Å². The number of phenols is 1. The van der Waals surface area contributed by atoms with E-state index in [4.69, 9.17) is 20.1 Å². The number of hydrogen-bond acceptors (Lipinski definition) is 4. The number of fused-ring (bicyclic) bond motifs is 4. The molecule has 1 aliphatic heterocycles. The SMILES string of the molecule is CC1(Cc2ccc(-c3[c-]cccc3)nc2)CCCc2cccc(n2)-c2nc(-c3[c-]cccc3)ccc2C1.Oc1ccccc1.[Ir]. The van der Waals surface area contributed by atoms with Crippen molar-refractivity contribution in [1.82, 2.24) is 15.0 Å². The first kappa shape index (κ1) is 32.0. The number of rotatable bonds is 4. The summed E-state index contributed by atoms with van der Waals surface area (Å²) < 4.78 is 0. The number of aromatic nitrogens is 3. The second-order valence-corrected chi connectivity index (χ2v) is 11.7. The summed E-state index contributed by atoms with van der Waals surface area (Å²) in [5.41, 5.74) is 9.59. The molecule has 227 valence electrons. The Morgan fingerprint density at radius 3 is 2.07 bits per heavy atom. The topological polar surface area (TPSA) is 58.9 Å². The van der Waals surface area contributed by atoms with Gasteiger partial charge in [0.05, 0.1) is 11.4 Å². The molecule has 5 heteroatoms. The minimum absolute atomic E-state index is 0. The third kappa shape index (κ3) is 8.39. The van der Waals surface area contributed by atoms with Gasteiger partial charge in [0.2, 0.25) is 0 Å². The number of aromatic hydroxyl groups is 1. The van der Waals surface area contributed by atoms with Gasteiger partial charge in [0.15, 0.2) is 0 Å². The molecular formula is C40H35IrN3O-2. The van der Waals surface area contributed by atoms with Crippen LogP contribution < -0.4 is 0 Å². The Bertz CT molecular complexity index is 1800. The molecule has 0 spiro atoms. The van der Waals surface area contributed by atoms with Crippen LogP contribution in [0, 0.1) is 17.5 Å². The van der Waals surface area contributed by atoms with E-state index >= 15 is 0 Å². The van der Waals surface area contributed by atoms with Crippen LogP contribution in [0.15, 0.2) is 128 Å². The quantitative estimate of drug-likeness (QED) is 0.182. The van der Waals surface area contributed by atoms with E-state index in [1.54, 1.807) is 24.3 Å². The molecule has 0 aliphatic carbocycles. The normalized spacial score (nSPS) is 15.4. The summed E-state index contributed by atoms with van der Waals surface area (Å²) in [6.07, 6.45) is 7.14. The van der Waals surface area contributed by atoms with Gasteiger partial charge in [0.1, 0.15) is 5.75 Å². The van der Waals surface area contributed by atoms with Crippen molar-refractivity contribution in [3.8, 4) is 39.7 Å². The fourth-order valence-electron chi connectivity index (χ4n) is 5.86. The maximum Gasteiger partial charge on any atom is 0.115 e. The number of pyridine rings is 3. The van der Waals surface area contributed by atoms with E-state index in [2.05, 4.69) is 73.7 Å². The third-order valence-corrected chi connectivity index (χ3v) is 8.04. The monoisotopic (exact) mass is 766 g/mol. The number of phenolic OH excluding ortho intramolecular Hbond substituents is 1. The maximum atomic E-state index is 8.63. The molecule has 3 aromatic heterocycles. The Hall–Kier alpha value is -4.44. The minimum atomic E-state index is 0. The van der Waals surface area contributed by atoms with E-state index in [0.717, 1.165) is 71.7 Å². The second kappa shape index (κ2) is 15.0. The minimum Gasteiger partial charge on any atom is -0.508 e. The van der Waals surface area contributed by atoms with Crippen molar-refractivity contribution in [2.45, 2.75) is 39.0 Å². The van der Waals surface area contributed by atoms with Gasteiger partial charge in [-0.15, -0.1) is 71.8 Å². The van der Waals surface area contributed by atoms with Crippen LogP contribution in [-0.4, -0.2) is 20.1 Å². The summed E-state index contributed by atoms with van der Waals surface area (Å²) in [6, 6.07) is 46.4. The Balaban J connectivity index is 0.000000444. The summed E-state index contributed by atoms with van der Waals surface area (Å²) in [4.78, 5) is 14.9. The van der Waals surface area contributed by atoms with Gasteiger partial charge < -0.3 is 10.1 Å². The van der Waals surface area contributed by atoms with Crippen molar-refractivity contribution in [2.75, 3.05) is 0 Å². The van der Waals surface area contributed by atoms with E-state index in [9.17, 15) is 0 Å². The van der Waals surface area contributed by atoms with Gasteiger partial charge in [-0.2, -0.15) is 0 Å². The summed E-state index contributed by atoms with van der Waals surface area (Å²) in [6.45, 7) is 2.41. The first-order valence-electron chi connectivity index (χ1n) is 15.1. The zero-order valence-corrected chi connectivity index (χ0v) is 27.7. The molecule has 2 bridgehead atoms. The molecule has 1 radical (unpaired) electrons. The molecule has 45 heavy (non-hydrogen) atoms. The summed E-state index contributed by atoms with van der Waals surface area (Å²) in [7, 11) is 0. The first-order valence-corrected chi connectivity index (χ1v) is 15.1. The van der Waals surface area contributed by atoms with Crippen molar-refractivity contribution >= 4 is 0 Å². The molecule has 0 amide bonds. The number of hydrogen-bond donors (Lipinski definition) is 1. The van der Waals surface area contributed by atoms with Crippen molar-refractivity contribution in [3.63, 3.8) is 0 Å². The fraction of sp³-hybridized carbons (Fsp3) is 0.175. The van der Waals surface area contributed by atoms with Gasteiger partial charge in [-0.25, -0.2) is 0 Å².